The summed E-state index contributed by atoms with van der Waals surface area (Å²) in [6.07, 6.45) is 3.03. The first-order valence-corrected chi connectivity index (χ1v) is 6.18. The number of likely N-dealkylation sites (tertiary alicyclic amines) is 1. The van der Waals surface area contributed by atoms with Crippen LogP contribution in [-0.2, 0) is 4.74 Å². The lowest BCUT2D eigenvalue weighted by molar-refractivity contribution is -0.0317. The van der Waals surface area contributed by atoms with Crippen LogP contribution in [0.3, 0.4) is 0 Å². The normalized spacial score (nSPS) is 23.3. The number of amides is 1. The van der Waals surface area contributed by atoms with Crippen LogP contribution < -0.4 is 0 Å². The van der Waals surface area contributed by atoms with Gasteiger partial charge in [0.25, 0.3) is 0 Å². The summed E-state index contributed by atoms with van der Waals surface area (Å²) in [6, 6.07) is 0. The topological polar surface area (TPSA) is 29.5 Å². The van der Waals surface area contributed by atoms with Crippen molar-refractivity contribution in [2.24, 2.45) is 0 Å². The predicted molar refractivity (Wildman–Crippen MR) is 65.5 cm³/mol. The van der Waals surface area contributed by atoms with E-state index in [2.05, 4.69) is 27.7 Å². The van der Waals surface area contributed by atoms with Gasteiger partial charge in [-0.2, -0.15) is 0 Å². The van der Waals surface area contributed by atoms with Gasteiger partial charge in [0.1, 0.15) is 0 Å². The molecule has 94 valence electrons. The SMILES string of the molecule is CC(C)OC(=O)N1C(C)(C)CCCC1(C)C. The van der Waals surface area contributed by atoms with Crippen LogP contribution in [0, 0.1) is 0 Å². The van der Waals surface area contributed by atoms with Crippen molar-refractivity contribution in [1.29, 1.82) is 0 Å². The van der Waals surface area contributed by atoms with Crippen LogP contribution >= 0.6 is 0 Å². The molecule has 0 radical (unpaired) electrons. The summed E-state index contributed by atoms with van der Waals surface area (Å²) in [5, 5.41) is 0. The summed E-state index contributed by atoms with van der Waals surface area (Å²) in [7, 11) is 0. The van der Waals surface area contributed by atoms with Crippen molar-refractivity contribution >= 4 is 6.09 Å². The van der Waals surface area contributed by atoms with E-state index in [0.717, 1.165) is 12.8 Å². The molecule has 0 aromatic rings. The van der Waals surface area contributed by atoms with Gasteiger partial charge in [-0.05, 0) is 60.8 Å². The van der Waals surface area contributed by atoms with Crippen LogP contribution in [0.15, 0.2) is 0 Å². The first kappa shape index (κ1) is 13.3. The van der Waals surface area contributed by atoms with Crippen molar-refractivity contribution in [2.75, 3.05) is 0 Å². The van der Waals surface area contributed by atoms with E-state index < -0.39 is 0 Å². The second-order valence-corrected chi connectivity index (χ2v) is 6.25. The van der Waals surface area contributed by atoms with Gasteiger partial charge in [0, 0.05) is 11.1 Å². The van der Waals surface area contributed by atoms with Crippen LogP contribution in [0.5, 0.6) is 0 Å². The molecule has 0 aromatic carbocycles. The van der Waals surface area contributed by atoms with Crippen molar-refractivity contribution in [1.82, 2.24) is 4.90 Å². The zero-order valence-electron chi connectivity index (χ0n) is 11.5. The summed E-state index contributed by atoms with van der Waals surface area (Å²) in [5.41, 5.74) is -0.207. The Hall–Kier alpha value is -0.730. The van der Waals surface area contributed by atoms with E-state index in [9.17, 15) is 4.79 Å². The maximum Gasteiger partial charge on any atom is 0.410 e. The zero-order chi connectivity index (χ0) is 12.6. The molecular formula is C13H25NO2. The highest BCUT2D eigenvalue weighted by Crippen LogP contribution is 2.38. The van der Waals surface area contributed by atoms with Crippen molar-refractivity contribution < 1.29 is 9.53 Å². The van der Waals surface area contributed by atoms with E-state index in [4.69, 9.17) is 4.74 Å². The highest BCUT2D eigenvalue weighted by Gasteiger charge is 2.45. The van der Waals surface area contributed by atoms with Gasteiger partial charge in [0.2, 0.25) is 0 Å². The molecule has 1 fully saturated rings. The fourth-order valence-electron chi connectivity index (χ4n) is 2.75. The standard InChI is InChI=1S/C13H25NO2/c1-10(2)16-11(15)14-12(3,4)8-7-9-13(14,5)6/h10H,7-9H2,1-6H3. The summed E-state index contributed by atoms with van der Waals surface area (Å²) >= 11 is 0. The van der Waals surface area contributed by atoms with E-state index >= 15 is 0 Å². The van der Waals surface area contributed by atoms with Crippen molar-refractivity contribution in [3.05, 3.63) is 0 Å². The smallest absolute Gasteiger partial charge is 0.410 e. The fourth-order valence-corrected chi connectivity index (χ4v) is 2.75. The summed E-state index contributed by atoms with van der Waals surface area (Å²) in [5.74, 6) is 0. The number of hydrogen-bond acceptors (Lipinski definition) is 2. The Morgan fingerprint density at radius 2 is 1.56 bits per heavy atom. The monoisotopic (exact) mass is 227 g/mol. The number of hydrogen-bond donors (Lipinski definition) is 0. The number of ether oxygens (including phenoxy) is 1. The highest BCUT2D eigenvalue weighted by molar-refractivity contribution is 5.70. The van der Waals surface area contributed by atoms with E-state index in [1.807, 2.05) is 18.7 Å². The Kier molecular flexibility index (Phi) is 3.56. The molecule has 16 heavy (non-hydrogen) atoms. The summed E-state index contributed by atoms with van der Waals surface area (Å²) in [4.78, 5) is 14.1. The molecular weight excluding hydrogens is 202 g/mol. The molecule has 3 nitrogen and oxygen atoms in total. The molecule has 0 saturated carbocycles. The Bertz CT molecular complexity index is 253. The van der Waals surface area contributed by atoms with Crippen LogP contribution in [0.2, 0.25) is 0 Å². The van der Waals surface area contributed by atoms with Gasteiger partial charge in [-0.3, -0.25) is 4.90 Å². The third-order valence-electron chi connectivity index (χ3n) is 3.31. The van der Waals surface area contributed by atoms with Gasteiger partial charge in [-0.15, -0.1) is 0 Å². The number of piperidine rings is 1. The Morgan fingerprint density at radius 3 is 1.94 bits per heavy atom. The first-order valence-electron chi connectivity index (χ1n) is 6.18. The molecule has 1 rings (SSSR count). The van der Waals surface area contributed by atoms with Gasteiger partial charge >= 0.3 is 6.09 Å². The Balaban J connectivity index is 2.90. The molecule has 1 heterocycles. The first-order chi connectivity index (χ1) is 7.17. The molecule has 0 aromatic heterocycles. The molecule has 0 bridgehead atoms. The molecule has 0 spiro atoms. The van der Waals surface area contributed by atoms with E-state index in [0.29, 0.717) is 0 Å². The van der Waals surface area contributed by atoms with Crippen molar-refractivity contribution in [3.8, 4) is 0 Å². The molecule has 0 atom stereocenters. The molecule has 1 aliphatic rings. The van der Waals surface area contributed by atoms with Crippen molar-refractivity contribution in [2.45, 2.75) is 78.0 Å². The lowest BCUT2D eigenvalue weighted by atomic mass is 9.80. The molecule has 1 saturated heterocycles. The lowest BCUT2D eigenvalue weighted by Crippen LogP contribution is -2.61. The van der Waals surface area contributed by atoms with Gasteiger partial charge in [-0.25, -0.2) is 4.79 Å². The van der Waals surface area contributed by atoms with E-state index in [1.165, 1.54) is 6.42 Å². The lowest BCUT2D eigenvalue weighted by Gasteiger charge is -2.52. The predicted octanol–water partition coefficient (Wildman–Crippen LogP) is 3.57. The van der Waals surface area contributed by atoms with Gasteiger partial charge in [-0.1, -0.05) is 0 Å². The second-order valence-electron chi connectivity index (χ2n) is 6.25. The molecule has 0 unspecified atom stereocenters. The minimum absolute atomic E-state index is 0.0546. The maximum atomic E-state index is 12.1. The Morgan fingerprint density at radius 1 is 1.12 bits per heavy atom. The van der Waals surface area contributed by atoms with Gasteiger partial charge in [0.15, 0.2) is 0 Å². The average molecular weight is 227 g/mol. The summed E-state index contributed by atoms with van der Waals surface area (Å²) < 4.78 is 5.35. The highest BCUT2D eigenvalue weighted by atomic mass is 16.6. The number of nitrogens with zero attached hydrogens (tertiary/aromatic N) is 1. The second kappa shape index (κ2) is 4.27. The van der Waals surface area contributed by atoms with Gasteiger partial charge < -0.3 is 4.74 Å². The quantitative estimate of drug-likeness (QED) is 0.685. The van der Waals surface area contributed by atoms with Crippen LogP contribution in [0.25, 0.3) is 0 Å². The number of carbonyl (C=O) groups is 1. The molecule has 1 aliphatic heterocycles. The number of rotatable bonds is 1. The minimum atomic E-state index is -0.176. The zero-order valence-corrected chi connectivity index (χ0v) is 11.5. The van der Waals surface area contributed by atoms with Crippen molar-refractivity contribution in [3.63, 3.8) is 0 Å². The third-order valence-corrected chi connectivity index (χ3v) is 3.31. The van der Waals surface area contributed by atoms with Crippen LogP contribution in [0.1, 0.15) is 60.8 Å². The molecule has 0 aliphatic carbocycles. The Labute approximate surface area is 99.1 Å². The van der Waals surface area contributed by atoms with Gasteiger partial charge in [0.05, 0.1) is 6.10 Å². The maximum absolute atomic E-state index is 12.1. The van der Waals surface area contributed by atoms with E-state index in [1.54, 1.807) is 0 Å². The largest absolute Gasteiger partial charge is 0.447 e. The molecule has 3 heteroatoms. The summed E-state index contributed by atoms with van der Waals surface area (Å²) in [6.45, 7) is 12.3. The van der Waals surface area contributed by atoms with Crippen LogP contribution in [0.4, 0.5) is 4.79 Å². The third kappa shape index (κ3) is 2.69. The van der Waals surface area contributed by atoms with E-state index in [-0.39, 0.29) is 23.3 Å². The average Bonchev–Trinajstić information content (AvgIpc) is 1.97. The minimum Gasteiger partial charge on any atom is -0.447 e. The number of carbonyl (C=O) groups excluding carboxylic acids is 1. The molecule has 0 N–H and O–H groups in total. The van der Waals surface area contributed by atoms with Crippen LogP contribution in [-0.4, -0.2) is 28.2 Å². The molecule has 1 amide bonds. The fraction of sp³-hybridized carbons (Fsp3) is 0.923.